The molecule has 0 aromatic rings. The summed E-state index contributed by atoms with van der Waals surface area (Å²) in [6, 6.07) is 0. The summed E-state index contributed by atoms with van der Waals surface area (Å²) >= 11 is 0. The molecule has 10 heavy (non-hydrogen) atoms. The highest BCUT2D eigenvalue weighted by molar-refractivity contribution is 5.76. The number of carbonyl (C=O) groups excluding carboxylic acids is 1. The first-order valence-corrected chi connectivity index (χ1v) is 3.32. The van der Waals surface area contributed by atoms with Gasteiger partial charge < -0.3 is 0 Å². The van der Waals surface area contributed by atoms with Crippen LogP contribution in [0, 0.1) is 0 Å². The van der Waals surface area contributed by atoms with Crippen LogP contribution in [0.3, 0.4) is 0 Å². The second kappa shape index (κ2) is 5.20. The molecular formula is C6H14N2O2. The third-order valence-corrected chi connectivity index (χ3v) is 1.14. The van der Waals surface area contributed by atoms with Crippen LogP contribution in [0.2, 0.25) is 0 Å². The largest absolute Gasteiger partial charge is 0.298 e. The first-order chi connectivity index (χ1) is 4.70. The molecule has 0 aliphatic rings. The van der Waals surface area contributed by atoms with Gasteiger partial charge in [0.2, 0.25) is 0 Å². The lowest BCUT2D eigenvalue weighted by molar-refractivity contribution is -0.130. The van der Waals surface area contributed by atoms with Crippen molar-refractivity contribution in [3.63, 3.8) is 0 Å². The Bertz CT molecular complexity index is 106. The van der Waals surface area contributed by atoms with Gasteiger partial charge in [-0.25, -0.2) is 5.48 Å². The van der Waals surface area contributed by atoms with Crippen molar-refractivity contribution in [1.82, 2.24) is 10.4 Å². The fourth-order valence-corrected chi connectivity index (χ4v) is 0.741. The SMILES string of the molecule is CCCN(C)CC(=O)NO. The van der Waals surface area contributed by atoms with E-state index in [-0.39, 0.29) is 12.5 Å². The second-order valence-corrected chi connectivity index (χ2v) is 2.27. The molecule has 0 saturated heterocycles. The first-order valence-electron chi connectivity index (χ1n) is 3.32. The molecule has 0 saturated carbocycles. The monoisotopic (exact) mass is 146 g/mol. The zero-order valence-electron chi connectivity index (χ0n) is 6.42. The van der Waals surface area contributed by atoms with Crippen LogP contribution >= 0.6 is 0 Å². The minimum Gasteiger partial charge on any atom is -0.298 e. The van der Waals surface area contributed by atoms with E-state index >= 15 is 0 Å². The maximum absolute atomic E-state index is 10.5. The van der Waals surface area contributed by atoms with E-state index in [1.807, 2.05) is 18.9 Å². The molecule has 0 aliphatic heterocycles. The first kappa shape index (κ1) is 9.39. The normalized spacial score (nSPS) is 10.0. The Morgan fingerprint density at radius 2 is 2.30 bits per heavy atom. The molecule has 0 spiro atoms. The molecule has 0 atom stereocenters. The lowest BCUT2D eigenvalue weighted by atomic mass is 10.4. The molecule has 0 rings (SSSR count). The molecule has 4 nitrogen and oxygen atoms in total. The summed E-state index contributed by atoms with van der Waals surface area (Å²) in [5.41, 5.74) is 1.57. The van der Waals surface area contributed by atoms with Gasteiger partial charge in [-0.1, -0.05) is 6.92 Å². The molecule has 2 N–H and O–H groups in total. The topological polar surface area (TPSA) is 52.6 Å². The van der Waals surface area contributed by atoms with Crippen molar-refractivity contribution in [3.05, 3.63) is 0 Å². The summed E-state index contributed by atoms with van der Waals surface area (Å²) in [4.78, 5) is 12.3. The van der Waals surface area contributed by atoms with E-state index in [2.05, 4.69) is 0 Å². The fourth-order valence-electron chi connectivity index (χ4n) is 0.741. The Kier molecular flexibility index (Phi) is 4.88. The van der Waals surface area contributed by atoms with Crippen LogP contribution in [-0.4, -0.2) is 36.2 Å². The predicted molar refractivity (Wildman–Crippen MR) is 37.7 cm³/mol. The number of hydrogen-bond acceptors (Lipinski definition) is 3. The van der Waals surface area contributed by atoms with Gasteiger partial charge >= 0.3 is 0 Å². The van der Waals surface area contributed by atoms with E-state index in [1.54, 1.807) is 5.48 Å². The predicted octanol–water partition coefficient (Wildman–Crippen LogP) is -0.166. The van der Waals surface area contributed by atoms with Crippen LogP contribution in [0.25, 0.3) is 0 Å². The number of hydrogen-bond donors (Lipinski definition) is 2. The summed E-state index contributed by atoms with van der Waals surface area (Å²) < 4.78 is 0. The smallest absolute Gasteiger partial charge is 0.257 e. The average Bonchev–Trinajstić information content (AvgIpc) is 1.88. The number of amides is 1. The van der Waals surface area contributed by atoms with E-state index in [0.29, 0.717) is 0 Å². The summed E-state index contributed by atoms with van der Waals surface area (Å²) in [6.07, 6.45) is 1.01. The zero-order valence-corrected chi connectivity index (χ0v) is 6.42. The zero-order chi connectivity index (χ0) is 7.98. The standard InChI is InChI=1S/C6H14N2O2/c1-3-4-8(2)5-6(9)7-10/h10H,3-5H2,1-2H3,(H,7,9). The van der Waals surface area contributed by atoms with Crippen LogP contribution in [0.4, 0.5) is 0 Å². The lowest BCUT2D eigenvalue weighted by Crippen LogP contribution is -2.33. The molecule has 1 amide bonds. The van der Waals surface area contributed by atoms with Crippen LogP contribution in [-0.2, 0) is 4.79 Å². The molecule has 0 aliphatic carbocycles. The minimum absolute atomic E-state index is 0.254. The number of carbonyl (C=O) groups is 1. The average molecular weight is 146 g/mol. The summed E-state index contributed by atoms with van der Waals surface area (Å²) in [5, 5.41) is 8.13. The highest BCUT2D eigenvalue weighted by atomic mass is 16.5. The van der Waals surface area contributed by atoms with E-state index in [1.165, 1.54) is 0 Å². The molecule has 0 unspecified atom stereocenters. The molecule has 0 radical (unpaired) electrons. The van der Waals surface area contributed by atoms with Crippen LogP contribution < -0.4 is 5.48 Å². The van der Waals surface area contributed by atoms with Gasteiger partial charge in [-0.05, 0) is 20.0 Å². The molecule has 0 aromatic heterocycles. The van der Waals surface area contributed by atoms with Gasteiger partial charge in [0.05, 0.1) is 6.54 Å². The van der Waals surface area contributed by atoms with Gasteiger partial charge in [0.1, 0.15) is 0 Å². The molecule has 4 heteroatoms. The summed E-state index contributed by atoms with van der Waals surface area (Å²) in [7, 11) is 1.83. The number of likely N-dealkylation sites (N-methyl/N-ethyl adjacent to an activating group) is 1. The van der Waals surface area contributed by atoms with Gasteiger partial charge in [0.25, 0.3) is 5.91 Å². The molecular weight excluding hydrogens is 132 g/mol. The fraction of sp³-hybridized carbons (Fsp3) is 0.833. The van der Waals surface area contributed by atoms with Crippen molar-refractivity contribution in [3.8, 4) is 0 Å². The third-order valence-electron chi connectivity index (χ3n) is 1.14. The highest BCUT2D eigenvalue weighted by Gasteiger charge is 2.02. The van der Waals surface area contributed by atoms with E-state index in [0.717, 1.165) is 13.0 Å². The number of rotatable bonds is 4. The van der Waals surface area contributed by atoms with Crippen molar-refractivity contribution >= 4 is 5.91 Å². The summed E-state index contributed by atoms with van der Waals surface area (Å²) in [5.74, 6) is -0.365. The maximum Gasteiger partial charge on any atom is 0.257 e. The van der Waals surface area contributed by atoms with Gasteiger partial charge in [0.15, 0.2) is 0 Å². The Morgan fingerprint density at radius 3 is 2.70 bits per heavy atom. The van der Waals surface area contributed by atoms with Crippen molar-refractivity contribution in [2.75, 3.05) is 20.1 Å². The molecule has 60 valence electrons. The number of nitrogens with one attached hydrogen (secondary N) is 1. The van der Waals surface area contributed by atoms with Crippen molar-refractivity contribution < 1.29 is 10.0 Å². The minimum atomic E-state index is -0.365. The lowest BCUT2D eigenvalue weighted by Gasteiger charge is -2.12. The Morgan fingerprint density at radius 1 is 1.70 bits per heavy atom. The van der Waals surface area contributed by atoms with Crippen molar-refractivity contribution in [1.29, 1.82) is 0 Å². The van der Waals surface area contributed by atoms with E-state index in [4.69, 9.17) is 5.21 Å². The van der Waals surface area contributed by atoms with Gasteiger partial charge in [-0.3, -0.25) is 14.9 Å². The third kappa shape index (κ3) is 4.29. The molecule has 0 bridgehead atoms. The number of nitrogens with zero attached hydrogens (tertiary/aromatic N) is 1. The van der Waals surface area contributed by atoms with Crippen LogP contribution in [0.15, 0.2) is 0 Å². The van der Waals surface area contributed by atoms with Crippen LogP contribution in [0.1, 0.15) is 13.3 Å². The molecule has 0 fully saturated rings. The number of hydroxylamine groups is 1. The molecule has 0 heterocycles. The Hall–Kier alpha value is -0.610. The van der Waals surface area contributed by atoms with E-state index < -0.39 is 0 Å². The Balaban J connectivity index is 3.37. The highest BCUT2D eigenvalue weighted by Crippen LogP contribution is 1.84. The Labute approximate surface area is 60.8 Å². The van der Waals surface area contributed by atoms with Gasteiger partial charge in [0, 0.05) is 0 Å². The van der Waals surface area contributed by atoms with Crippen molar-refractivity contribution in [2.45, 2.75) is 13.3 Å². The second-order valence-electron chi connectivity index (χ2n) is 2.27. The quantitative estimate of drug-likeness (QED) is 0.428. The summed E-state index contributed by atoms with van der Waals surface area (Å²) in [6.45, 7) is 3.16. The van der Waals surface area contributed by atoms with Gasteiger partial charge in [-0.2, -0.15) is 0 Å². The maximum atomic E-state index is 10.5. The van der Waals surface area contributed by atoms with Crippen molar-refractivity contribution in [2.24, 2.45) is 0 Å². The van der Waals surface area contributed by atoms with E-state index in [9.17, 15) is 4.79 Å². The van der Waals surface area contributed by atoms with Crippen LogP contribution in [0.5, 0.6) is 0 Å². The molecule has 0 aromatic carbocycles. The van der Waals surface area contributed by atoms with Gasteiger partial charge in [-0.15, -0.1) is 0 Å².